The average molecular weight is 602 g/mol. The molecule has 6 heteroatoms. The Balaban J connectivity index is 0.000000672. The van der Waals surface area contributed by atoms with E-state index in [0.29, 0.717) is 0 Å². The molecule has 1 aliphatic rings. The van der Waals surface area contributed by atoms with Crippen molar-refractivity contribution in [1.29, 1.82) is 0 Å². The van der Waals surface area contributed by atoms with Gasteiger partial charge in [-0.15, -0.1) is 33.7 Å². The SMILES string of the molecule is COC1=C(O[Si](C)(C)C)c2ccccc2C1c1cccc2c1[cH-]c1ccccc12.C[C](C)=[Zr+2].[Cl-].[Cl-]. The Morgan fingerprint density at radius 3 is 2.06 bits per heavy atom. The summed E-state index contributed by atoms with van der Waals surface area (Å²) in [6.07, 6.45) is 0. The maximum atomic E-state index is 6.54. The second kappa shape index (κ2) is 12.1. The van der Waals surface area contributed by atoms with Crippen molar-refractivity contribution in [2.75, 3.05) is 7.11 Å². The van der Waals surface area contributed by atoms with Gasteiger partial charge in [0.2, 0.25) is 8.32 Å². The molecule has 0 saturated heterocycles. The molecule has 0 radical (unpaired) electrons. The van der Waals surface area contributed by atoms with Gasteiger partial charge in [0.05, 0.1) is 7.11 Å². The molecule has 0 saturated carbocycles. The predicted molar refractivity (Wildman–Crippen MR) is 140 cm³/mol. The number of methoxy groups -OCH3 is 1. The summed E-state index contributed by atoms with van der Waals surface area (Å²) in [4.78, 5) is 0. The number of fused-ring (bicyclic) bond motifs is 4. The van der Waals surface area contributed by atoms with Gasteiger partial charge in [-0.05, 0) is 25.2 Å². The summed E-state index contributed by atoms with van der Waals surface area (Å²) in [6.45, 7) is 10.9. The number of rotatable bonds is 4. The molecule has 4 aromatic rings. The molecule has 0 amide bonds. The van der Waals surface area contributed by atoms with Crippen LogP contribution in [0, 0.1) is 0 Å². The Morgan fingerprint density at radius 1 is 0.829 bits per heavy atom. The van der Waals surface area contributed by atoms with Gasteiger partial charge in [0.25, 0.3) is 0 Å². The first-order valence-electron chi connectivity index (χ1n) is 11.4. The van der Waals surface area contributed by atoms with Gasteiger partial charge in [-0.3, -0.25) is 0 Å². The van der Waals surface area contributed by atoms with Gasteiger partial charge in [-0.1, -0.05) is 66.2 Å². The van der Waals surface area contributed by atoms with Crippen molar-refractivity contribution in [2.45, 2.75) is 39.4 Å². The van der Waals surface area contributed by atoms with Crippen LogP contribution < -0.4 is 24.8 Å². The summed E-state index contributed by atoms with van der Waals surface area (Å²) < 4.78 is 14.1. The third-order valence-electron chi connectivity index (χ3n) is 5.63. The van der Waals surface area contributed by atoms with E-state index >= 15 is 0 Å². The average Bonchev–Trinajstić information content (AvgIpc) is 3.28. The van der Waals surface area contributed by atoms with E-state index < -0.39 is 8.32 Å². The van der Waals surface area contributed by atoms with Gasteiger partial charge in [0.1, 0.15) is 11.5 Å². The maximum Gasteiger partial charge on any atom is -1.00 e. The van der Waals surface area contributed by atoms with Gasteiger partial charge >= 0.3 is 41.3 Å². The molecule has 0 bridgehead atoms. The van der Waals surface area contributed by atoms with E-state index in [2.05, 4.69) is 106 Å². The molecule has 2 nitrogen and oxygen atoms in total. The zero-order chi connectivity index (χ0) is 23.8. The molecule has 182 valence electrons. The maximum absolute atomic E-state index is 6.54. The van der Waals surface area contributed by atoms with Crippen LogP contribution in [0.25, 0.3) is 27.3 Å². The molecule has 0 fully saturated rings. The number of halogens is 2. The normalized spacial score (nSPS) is 14.5. The van der Waals surface area contributed by atoms with Gasteiger partial charge in [0.15, 0.2) is 0 Å². The summed E-state index contributed by atoms with van der Waals surface area (Å²) in [5.41, 5.74) is 3.69. The van der Waals surface area contributed by atoms with Crippen LogP contribution in [0.15, 0.2) is 78.6 Å². The minimum atomic E-state index is -1.80. The van der Waals surface area contributed by atoms with Crippen LogP contribution in [0.4, 0.5) is 0 Å². The minimum Gasteiger partial charge on any atom is -1.00 e. The summed E-state index contributed by atoms with van der Waals surface area (Å²) in [5, 5.41) is 5.17. The quantitative estimate of drug-likeness (QED) is 0.263. The Kier molecular flexibility index (Phi) is 10.3. The van der Waals surface area contributed by atoms with E-state index in [-0.39, 0.29) is 30.7 Å². The van der Waals surface area contributed by atoms with E-state index in [9.17, 15) is 0 Å². The van der Waals surface area contributed by atoms with Crippen LogP contribution in [0.2, 0.25) is 19.6 Å². The van der Waals surface area contributed by atoms with Crippen LogP contribution in [-0.4, -0.2) is 18.6 Å². The molecule has 0 spiro atoms. The summed E-state index contributed by atoms with van der Waals surface area (Å²) >= 11 is 1.55. The van der Waals surface area contributed by atoms with Crippen molar-refractivity contribution in [3.05, 3.63) is 95.2 Å². The second-order valence-corrected chi connectivity index (χ2v) is 16.6. The fourth-order valence-corrected chi connectivity index (χ4v) is 5.37. The molecule has 4 aromatic carbocycles. The molecule has 0 N–H and O–H groups in total. The minimum absolute atomic E-state index is 0. The number of allylic oxidation sites excluding steroid dienone is 1. The van der Waals surface area contributed by atoms with Crippen molar-refractivity contribution in [3.63, 3.8) is 0 Å². The van der Waals surface area contributed by atoms with Gasteiger partial charge < -0.3 is 34.0 Å². The predicted octanol–water partition coefficient (Wildman–Crippen LogP) is 1.78. The molecule has 0 aromatic heterocycles. The molecule has 0 heterocycles. The largest absolute Gasteiger partial charge is 1.00 e. The van der Waals surface area contributed by atoms with Crippen LogP contribution in [0.5, 0.6) is 0 Å². The molecule has 1 aliphatic carbocycles. The topological polar surface area (TPSA) is 18.5 Å². The number of hydrogen-bond acceptors (Lipinski definition) is 2. The fourth-order valence-electron chi connectivity index (χ4n) is 4.55. The molecule has 1 atom stereocenters. The third kappa shape index (κ3) is 6.23. The molecule has 0 aliphatic heterocycles. The van der Waals surface area contributed by atoms with E-state index in [1.165, 1.54) is 35.9 Å². The zero-order valence-electron chi connectivity index (χ0n) is 21.1. The van der Waals surface area contributed by atoms with Crippen molar-refractivity contribution in [1.82, 2.24) is 0 Å². The number of benzene rings is 3. The first-order valence-corrected chi connectivity index (χ1v) is 16.0. The monoisotopic (exact) mass is 599 g/mol. The second-order valence-electron chi connectivity index (χ2n) is 9.67. The molecule has 5 rings (SSSR count). The Labute approximate surface area is 237 Å². The molecule has 1 unspecified atom stereocenters. The van der Waals surface area contributed by atoms with E-state index in [1.807, 2.05) is 0 Å². The summed E-state index contributed by atoms with van der Waals surface area (Å²) in [6, 6.07) is 26.1. The number of ether oxygens (including phenoxy) is 1. The van der Waals surface area contributed by atoms with Crippen LogP contribution in [-0.2, 0) is 33.4 Å². The standard InChI is InChI=1S/C26H25O2Si.C3H6.2ClH.Zr/c1-27-26-24(20-12-7-8-13-22(20)25(26)28-29(2,3)4)21-15-9-14-19-18-11-6-5-10-17(18)16-23(19)21;1-3-2;;;/h5-16,24H,1-4H3;1-2H3;2*1H;/q-1;;;;+2/p-2. The van der Waals surface area contributed by atoms with Crippen LogP contribution in [0.1, 0.15) is 36.5 Å². The molecule has 35 heavy (non-hydrogen) atoms. The Morgan fingerprint density at radius 2 is 1.40 bits per heavy atom. The molecular formula is C29H31Cl2O2SiZr-. The van der Waals surface area contributed by atoms with Gasteiger partial charge in [0, 0.05) is 11.5 Å². The van der Waals surface area contributed by atoms with Crippen LogP contribution >= 0.6 is 0 Å². The first kappa shape index (κ1) is 29.6. The van der Waals surface area contributed by atoms with Crippen molar-refractivity contribution >= 4 is 38.8 Å². The third-order valence-corrected chi connectivity index (χ3v) is 6.45. The van der Waals surface area contributed by atoms with Crippen molar-refractivity contribution in [2.24, 2.45) is 0 Å². The van der Waals surface area contributed by atoms with Crippen LogP contribution in [0.3, 0.4) is 0 Å². The van der Waals surface area contributed by atoms with Gasteiger partial charge in [-0.2, -0.15) is 0 Å². The summed E-state index contributed by atoms with van der Waals surface area (Å²) in [5.74, 6) is 1.88. The smallest absolute Gasteiger partial charge is 1.00 e. The van der Waals surface area contributed by atoms with E-state index in [0.717, 1.165) is 17.1 Å². The fraction of sp³-hybridized carbons (Fsp3) is 0.241. The Hall–Kier alpha value is -1.58. The van der Waals surface area contributed by atoms with E-state index in [1.54, 1.807) is 31.3 Å². The molecular weight excluding hydrogens is 571 g/mol. The summed E-state index contributed by atoms with van der Waals surface area (Å²) in [7, 11) is -0.0300. The van der Waals surface area contributed by atoms with Gasteiger partial charge in [-0.25, -0.2) is 0 Å². The number of hydrogen-bond donors (Lipinski definition) is 0. The van der Waals surface area contributed by atoms with Crippen molar-refractivity contribution < 1.29 is 58.2 Å². The first-order chi connectivity index (χ1) is 15.7. The Bertz CT molecular complexity index is 1360. The van der Waals surface area contributed by atoms with Crippen molar-refractivity contribution in [3.8, 4) is 0 Å². The van der Waals surface area contributed by atoms with E-state index in [4.69, 9.17) is 9.16 Å². The zero-order valence-corrected chi connectivity index (χ0v) is 26.0.